The van der Waals surface area contributed by atoms with Crippen molar-refractivity contribution >= 4 is 5.91 Å². The Morgan fingerprint density at radius 1 is 1.79 bits per heavy atom. The van der Waals surface area contributed by atoms with Gasteiger partial charge in [-0.2, -0.15) is 5.10 Å². The van der Waals surface area contributed by atoms with Gasteiger partial charge in [0.15, 0.2) is 0 Å². The maximum absolute atomic E-state index is 12.9. The van der Waals surface area contributed by atoms with Gasteiger partial charge in [0, 0.05) is 31.8 Å². The first-order valence-electron chi connectivity index (χ1n) is 5.93. The molecule has 106 valence electrons. The molecule has 1 aliphatic heterocycles. The van der Waals surface area contributed by atoms with Gasteiger partial charge in [-0.1, -0.05) is 0 Å². The number of halogens is 2. The van der Waals surface area contributed by atoms with Gasteiger partial charge in [-0.05, 0) is 0 Å². The summed E-state index contributed by atoms with van der Waals surface area (Å²) in [5.41, 5.74) is 0.563. The van der Waals surface area contributed by atoms with Crippen molar-refractivity contribution in [1.29, 1.82) is 0 Å². The van der Waals surface area contributed by atoms with Crippen molar-refractivity contribution in [3.05, 3.63) is 18.0 Å². The van der Waals surface area contributed by atoms with Crippen molar-refractivity contribution in [1.82, 2.24) is 20.4 Å². The van der Waals surface area contributed by atoms with Gasteiger partial charge in [0.25, 0.3) is 5.92 Å². The van der Waals surface area contributed by atoms with Crippen molar-refractivity contribution in [2.24, 2.45) is 7.05 Å². The highest BCUT2D eigenvalue weighted by Crippen LogP contribution is 2.25. The number of aliphatic hydroxyl groups is 1. The fourth-order valence-corrected chi connectivity index (χ4v) is 1.95. The van der Waals surface area contributed by atoms with Crippen LogP contribution in [0.5, 0.6) is 0 Å². The molecule has 0 bridgehead atoms. The van der Waals surface area contributed by atoms with Crippen LogP contribution in [0, 0.1) is 0 Å². The van der Waals surface area contributed by atoms with Crippen molar-refractivity contribution in [3.63, 3.8) is 0 Å². The predicted molar refractivity (Wildman–Crippen MR) is 62.5 cm³/mol. The number of amides is 1. The maximum Gasteiger partial charge on any atom is 0.262 e. The highest BCUT2D eigenvalue weighted by Gasteiger charge is 2.42. The number of alkyl halides is 2. The van der Waals surface area contributed by atoms with Crippen LogP contribution in [0.1, 0.15) is 18.1 Å². The zero-order chi connectivity index (χ0) is 14.0. The molecular weight excluding hydrogens is 258 g/mol. The lowest BCUT2D eigenvalue weighted by atomic mass is 10.1. The van der Waals surface area contributed by atoms with E-state index in [2.05, 4.69) is 15.7 Å². The predicted octanol–water partition coefficient (Wildman–Crippen LogP) is -0.433. The second kappa shape index (κ2) is 5.22. The molecule has 0 spiro atoms. The lowest BCUT2D eigenvalue weighted by molar-refractivity contribution is -0.123. The fraction of sp³-hybridized carbons (Fsp3) is 0.636. The molecule has 1 fully saturated rings. The molecule has 0 radical (unpaired) electrons. The van der Waals surface area contributed by atoms with Crippen molar-refractivity contribution in [3.8, 4) is 0 Å². The van der Waals surface area contributed by atoms with Crippen LogP contribution in [0.2, 0.25) is 0 Å². The number of aromatic nitrogens is 2. The van der Waals surface area contributed by atoms with E-state index in [0.29, 0.717) is 5.56 Å². The molecule has 2 atom stereocenters. The Hall–Kier alpha value is -1.54. The number of carbonyl (C=O) groups excluding carboxylic acids is 1. The summed E-state index contributed by atoms with van der Waals surface area (Å²) in [6.45, 7) is -0.523. The summed E-state index contributed by atoms with van der Waals surface area (Å²) >= 11 is 0. The maximum atomic E-state index is 12.9. The molecule has 1 aromatic rings. The molecule has 3 N–H and O–H groups in total. The quantitative estimate of drug-likeness (QED) is 0.696. The number of rotatable bonds is 4. The molecule has 19 heavy (non-hydrogen) atoms. The van der Waals surface area contributed by atoms with E-state index in [0.717, 1.165) is 0 Å². The van der Waals surface area contributed by atoms with E-state index >= 15 is 0 Å². The van der Waals surface area contributed by atoms with Crippen LogP contribution < -0.4 is 10.6 Å². The minimum absolute atomic E-state index is 0.0335. The average molecular weight is 274 g/mol. The summed E-state index contributed by atoms with van der Waals surface area (Å²) in [5.74, 6) is -3.37. The van der Waals surface area contributed by atoms with E-state index in [9.17, 15) is 18.7 Å². The summed E-state index contributed by atoms with van der Waals surface area (Å²) in [4.78, 5) is 11.6. The summed E-state index contributed by atoms with van der Waals surface area (Å²) < 4.78 is 27.4. The molecule has 1 saturated heterocycles. The van der Waals surface area contributed by atoms with E-state index in [-0.39, 0.29) is 6.54 Å². The first-order valence-corrected chi connectivity index (χ1v) is 5.93. The van der Waals surface area contributed by atoms with E-state index in [1.807, 2.05) is 0 Å². The minimum Gasteiger partial charge on any atom is -0.386 e. The van der Waals surface area contributed by atoms with Gasteiger partial charge in [-0.3, -0.25) is 14.8 Å². The van der Waals surface area contributed by atoms with Crippen molar-refractivity contribution in [2.45, 2.75) is 24.5 Å². The molecule has 2 heterocycles. The Labute approximate surface area is 108 Å². The van der Waals surface area contributed by atoms with Crippen molar-refractivity contribution < 1.29 is 18.7 Å². The number of aliphatic hydroxyl groups excluding tert-OH is 1. The first kappa shape index (κ1) is 13.9. The van der Waals surface area contributed by atoms with E-state index in [1.165, 1.54) is 10.9 Å². The Kier molecular flexibility index (Phi) is 3.81. The topological polar surface area (TPSA) is 79.2 Å². The zero-order valence-electron chi connectivity index (χ0n) is 10.4. The van der Waals surface area contributed by atoms with Gasteiger partial charge in [0.05, 0.1) is 24.9 Å². The fourth-order valence-electron chi connectivity index (χ4n) is 1.95. The van der Waals surface area contributed by atoms with Gasteiger partial charge in [-0.25, -0.2) is 8.78 Å². The van der Waals surface area contributed by atoms with Crippen LogP contribution in [0.25, 0.3) is 0 Å². The van der Waals surface area contributed by atoms with Crippen LogP contribution in [-0.4, -0.2) is 45.8 Å². The largest absolute Gasteiger partial charge is 0.386 e. The SMILES string of the molecule is Cn1cc(C(O)CNC(=O)C2CC(F)(F)CN2)cn1. The second-order valence-electron chi connectivity index (χ2n) is 4.70. The summed E-state index contributed by atoms with van der Waals surface area (Å²) in [6.07, 6.45) is 1.69. The zero-order valence-corrected chi connectivity index (χ0v) is 10.4. The minimum atomic E-state index is -2.84. The third-order valence-corrected chi connectivity index (χ3v) is 3.01. The van der Waals surface area contributed by atoms with Crippen LogP contribution >= 0.6 is 0 Å². The molecule has 2 rings (SSSR count). The molecule has 1 aromatic heterocycles. The summed E-state index contributed by atoms with van der Waals surface area (Å²) in [6, 6.07) is -0.906. The summed E-state index contributed by atoms with van der Waals surface area (Å²) in [5, 5.41) is 18.6. The molecule has 0 aliphatic carbocycles. The van der Waals surface area contributed by atoms with Crippen LogP contribution in [0.15, 0.2) is 12.4 Å². The Balaban J connectivity index is 1.81. The lowest BCUT2D eigenvalue weighted by Crippen LogP contribution is -2.41. The highest BCUT2D eigenvalue weighted by molar-refractivity contribution is 5.82. The molecule has 0 aromatic carbocycles. The second-order valence-corrected chi connectivity index (χ2v) is 4.70. The standard InChI is InChI=1S/C11H16F2N4O2/c1-17-5-7(3-16-17)9(18)4-14-10(19)8-2-11(12,13)6-15-8/h3,5,8-9,15,18H,2,4,6H2,1H3,(H,14,19). The van der Waals surface area contributed by atoms with Gasteiger partial charge >= 0.3 is 0 Å². The molecule has 6 nitrogen and oxygen atoms in total. The first-order chi connectivity index (χ1) is 8.87. The monoisotopic (exact) mass is 274 g/mol. The molecule has 1 aliphatic rings. The average Bonchev–Trinajstić information content (AvgIpc) is 2.91. The van der Waals surface area contributed by atoms with E-state index in [1.54, 1.807) is 13.2 Å². The molecule has 8 heteroatoms. The molecular formula is C11H16F2N4O2. The van der Waals surface area contributed by atoms with Gasteiger partial charge < -0.3 is 10.4 Å². The Morgan fingerprint density at radius 2 is 2.53 bits per heavy atom. The molecule has 0 saturated carbocycles. The number of hydrogen-bond donors (Lipinski definition) is 3. The van der Waals surface area contributed by atoms with E-state index in [4.69, 9.17) is 0 Å². The van der Waals surface area contributed by atoms with Gasteiger partial charge in [-0.15, -0.1) is 0 Å². The molecule has 1 amide bonds. The van der Waals surface area contributed by atoms with E-state index < -0.39 is 36.9 Å². The third-order valence-electron chi connectivity index (χ3n) is 3.01. The lowest BCUT2D eigenvalue weighted by Gasteiger charge is -2.13. The molecule has 2 unspecified atom stereocenters. The van der Waals surface area contributed by atoms with Gasteiger partial charge in [0.2, 0.25) is 5.91 Å². The van der Waals surface area contributed by atoms with Crippen LogP contribution in [0.4, 0.5) is 8.78 Å². The third kappa shape index (κ3) is 3.48. The Bertz CT molecular complexity index is 463. The number of aryl methyl sites for hydroxylation is 1. The number of nitrogens with one attached hydrogen (secondary N) is 2. The number of hydrogen-bond acceptors (Lipinski definition) is 4. The smallest absolute Gasteiger partial charge is 0.262 e. The number of nitrogens with zero attached hydrogens (tertiary/aromatic N) is 2. The van der Waals surface area contributed by atoms with Crippen LogP contribution in [-0.2, 0) is 11.8 Å². The van der Waals surface area contributed by atoms with Crippen LogP contribution in [0.3, 0.4) is 0 Å². The highest BCUT2D eigenvalue weighted by atomic mass is 19.3. The van der Waals surface area contributed by atoms with Gasteiger partial charge in [0.1, 0.15) is 0 Å². The van der Waals surface area contributed by atoms with Crippen molar-refractivity contribution in [2.75, 3.05) is 13.1 Å². The normalized spacial score (nSPS) is 23.3. The number of carbonyl (C=O) groups is 1. The Morgan fingerprint density at radius 3 is 3.05 bits per heavy atom. The summed E-state index contributed by atoms with van der Waals surface area (Å²) in [7, 11) is 1.71.